The first-order valence-electron chi connectivity index (χ1n) is 9.50. The van der Waals surface area contributed by atoms with Crippen LogP contribution < -0.4 is 5.32 Å². The molecule has 2 aromatic rings. The highest BCUT2D eigenvalue weighted by Gasteiger charge is 2.45. The second-order valence-electron chi connectivity index (χ2n) is 7.46. The first-order chi connectivity index (χ1) is 12.9. The molecule has 27 heavy (non-hydrogen) atoms. The quantitative estimate of drug-likeness (QED) is 0.847. The van der Waals surface area contributed by atoms with Gasteiger partial charge in [0.1, 0.15) is 5.82 Å². The zero-order chi connectivity index (χ0) is 19.4. The van der Waals surface area contributed by atoms with Crippen LogP contribution in [-0.4, -0.2) is 40.6 Å². The Bertz CT molecular complexity index is 762. The Balaban J connectivity index is 1.93. The molecule has 0 bridgehead atoms. The van der Waals surface area contributed by atoms with Crippen molar-refractivity contribution < 1.29 is 14.3 Å². The molecule has 0 saturated carbocycles. The van der Waals surface area contributed by atoms with Gasteiger partial charge in [-0.1, -0.05) is 37.3 Å². The van der Waals surface area contributed by atoms with Crippen molar-refractivity contribution >= 4 is 5.91 Å². The standard InChI is InChI=1S/C22H27FN2O2/c1-3-14-25-15-13-22(2,27)20(19(25)16-7-5-4-6-8-16)24-21(26)17-9-11-18(23)12-10-17/h4-12,19-20,27H,3,13-15H2,1-2H3,(H,24,26). The lowest BCUT2D eigenvalue weighted by Crippen LogP contribution is -2.62. The van der Waals surface area contributed by atoms with Crippen LogP contribution in [0.5, 0.6) is 0 Å². The summed E-state index contributed by atoms with van der Waals surface area (Å²) in [4.78, 5) is 15.1. The Morgan fingerprint density at radius 1 is 1.22 bits per heavy atom. The predicted octanol–water partition coefficient (Wildman–Crippen LogP) is 3.53. The van der Waals surface area contributed by atoms with E-state index in [0.717, 1.165) is 25.1 Å². The molecule has 2 aromatic carbocycles. The van der Waals surface area contributed by atoms with Crippen LogP contribution >= 0.6 is 0 Å². The van der Waals surface area contributed by atoms with Gasteiger partial charge in [0, 0.05) is 12.1 Å². The fraction of sp³-hybridized carbons (Fsp3) is 0.409. The van der Waals surface area contributed by atoms with Crippen molar-refractivity contribution in [1.82, 2.24) is 10.2 Å². The van der Waals surface area contributed by atoms with Gasteiger partial charge in [-0.15, -0.1) is 0 Å². The van der Waals surface area contributed by atoms with Gasteiger partial charge in [0.05, 0.1) is 17.7 Å². The molecule has 0 aromatic heterocycles. The minimum absolute atomic E-state index is 0.126. The number of nitrogens with one attached hydrogen (secondary N) is 1. The predicted molar refractivity (Wildman–Crippen MR) is 104 cm³/mol. The van der Waals surface area contributed by atoms with E-state index in [1.807, 2.05) is 30.3 Å². The van der Waals surface area contributed by atoms with Crippen LogP contribution in [0, 0.1) is 5.82 Å². The third-order valence-corrected chi connectivity index (χ3v) is 5.33. The minimum Gasteiger partial charge on any atom is -0.388 e. The number of carbonyl (C=O) groups is 1. The highest BCUT2D eigenvalue weighted by molar-refractivity contribution is 5.94. The highest BCUT2D eigenvalue weighted by atomic mass is 19.1. The SMILES string of the molecule is CCCN1CCC(C)(O)C(NC(=O)c2ccc(F)cc2)C1c1ccccc1. The lowest BCUT2D eigenvalue weighted by molar-refractivity contribution is -0.0638. The molecule has 0 aliphatic carbocycles. The maximum atomic E-state index is 13.2. The van der Waals surface area contributed by atoms with E-state index < -0.39 is 11.6 Å². The number of nitrogens with zero attached hydrogens (tertiary/aromatic N) is 1. The highest BCUT2D eigenvalue weighted by Crippen LogP contribution is 2.37. The summed E-state index contributed by atoms with van der Waals surface area (Å²) in [6.45, 7) is 5.56. The zero-order valence-electron chi connectivity index (χ0n) is 15.9. The van der Waals surface area contributed by atoms with Gasteiger partial charge in [-0.2, -0.15) is 0 Å². The molecule has 3 rings (SSSR count). The number of aliphatic hydroxyl groups is 1. The molecule has 3 unspecified atom stereocenters. The molecule has 1 aliphatic heterocycles. The van der Waals surface area contributed by atoms with Crippen LogP contribution in [-0.2, 0) is 0 Å². The van der Waals surface area contributed by atoms with E-state index in [4.69, 9.17) is 0 Å². The minimum atomic E-state index is -1.04. The van der Waals surface area contributed by atoms with E-state index in [2.05, 4.69) is 17.1 Å². The number of piperidine rings is 1. The Labute approximate surface area is 160 Å². The molecular weight excluding hydrogens is 343 g/mol. The Morgan fingerprint density at radius 2 is 1.89 bits per heavy atom. The molecular formula is C22H27FN2O2. The molecule has 1 heterocycles. The average molecular weight is 370 g/mol. The second kappa shape index (κ2) is 8.19. The van der Waals surface area contributed by atoms with E-state index in [-0.39, 0.29) is 17.8 Å². The molecule has 144 valence electrons. The summed E-state index contributed by atoms with van der Waals surface area (Å²) in [7, 11) is 0. The maximum Gasteiger partial charge on any atom is 0.251 e. The van der Waals surface area contributed by atoms with Crippen molar-refractivity contribution in [2.24, 2.45) is 0 Å². The number of hydrogen-bond acceptors (Lipinski definition) is 3. The van der Waals surface area contributed by atoms with Gasteiger partial charge >= 0.3 is 0 Å². The summed E-state index contributed by atoms with van der Waals surface area (Å²) in [5.41, 5.74) is 0.405. The van der Waals surface area contributed by atoms with E-state index in [1.165, 1.54) is 24.3 Å². The zero-order valence-corrected chi connectivity index (χ0v) is 15.9. The Morgan fingerprint density at radius 3 is 2.52 bits per heavy atom. The first-order valence-corrected chi connectivity index (χ1v) is 9.50. The van der Waals surface area contributed by atoms with Crippen LogP contribution in [0.1, 0.15) is 48.7 Å². The van der Waals surface area contributed by atoms with E-state index in [1.54, 1.807) is 6.92 Å². The summed E-state index contributed by atoms with van der Waals surface area (Å²) in [5, 5.41) is 14.1. The summed E-state index contributed by atoms with van der Waals surface area (Å²) in [6.07, 6.45) is 1.56. The first kappa shape index (κ1) is 19.5. The summed E-state index contributed by atoms with van der Waals surface area (Å²) >= 11 is 0. The van der Waals surface area contributed by atoms with Gasteiger partial charge in [0.15, 0.2) is 0 Å². The number of benzene rings is 2. The largest absolute Gasteiger partial charge is 0.388 e. The lowest BCUT2D eigenvalue weighted by Gasteiger charge is -2.49. The van der Waals surface area contributed by atoms with E-state index in [0.29, 0.717) is 12.0 Å². The van der Waals surface area contributed by atoms with Crippen molar-refractivity contribution in [3.63, 3.8) is 0 Å². The Kier molecular flexibility index (Phi) is 5.92. The number of hydrogen-bond donors (Lipinski definition) is 2. The van der Waals surface area contributed by atoms with Crippen LogP contribution in [0.25, 0.3) is 0 Å². The lowest BCUT2D eigenvalue weighted by atomic mass is 9.79. The third-order valence-electron chi connectivity index (χ3n) is 5.33. The average Bonchev–Trinajstić information content (AvgIpc) is 2.66. The topological polar surface area (TPSA) is 52.6 Å². The van der Waals surface area contributed by atoms with Gasteiger partial charge in [0.25, 0.3) is 5.91 Å². The van der Waals surface area contributed by atoms with Crippen molar-refractivity contribution in [1.29, 1.82) is 0 Å². The number of likely N-dealkylation sites (tertiary alicyclic amines) is 1. The third kappa shape index (κ3) is 4.37. The molecule has 1 aliphatic rings. The molecule has 1 fully saturated rings. The van der Waals surface area contributed by atoms with Crippen LogP contribution in [0.3, 0.4) is 0 Å². The normalized spacial score (nSPS) is 25.9. The van der Waals surface area contributed by atoms with Crippen molar-refractivity contribution in [3.05, 3.63) is 71.5 Å². The van der Waals surface area contributed by atoms with Crippen LogP contribution in [0.15, 0.2) is 54.6 Å². The molecule has 1 amide bonds. The number of rotatable bonds is 5. The van der Waals surface area contributed by atoms with Gasteiger partial charge in [0.2, 0.25) is 0 Å². The number of halogens is 1. The molecule has 0 spiro atoms. The number of amides is 1. The number of carbonyl (C=O) groups excluding carboxylic acids is 1. The molecule has 2 N–H and O–H groups in total. The molecule has 5 heteroatoms. The fourth-order valence-electron chi connectivity index (χ4n) is 3.87. The van der Waals surface area contributed by atoms with Gasteiger partial charge in [-0.3, -0.25) is 9.69 Å². The van der Waals surface area contributed by atoms with Gasteiger partial charge in [-0.25, -0.2) is 4.39 Å². The summed E-state index contributed by atoms with van der Waals surface area (Å²) in [6, 6.07) is 14.8. The molecule has 4 nitrogen and oxygen atoms in total. The van der Waals surface area contributed by atoms with Crippen molar-refractivity contribution in [2.75, 3.05) is 13.1 Å². The smallest absolute Gasteiger partial charge is 0.251 e. The van der Waals surface area contributed by atoms with E-state index >= 15 is 0 Å². The van der Waals surface area contributed by atoms with Crippen molar-refractivity contribution in [2.45, 2.75) is 44.4 Å². The second-order valence-corrected chi connectivity index (χ2v) is 7.46. The van der Waals surface area contributed by atoms with Crippen LogP contribution in [0.2, 0.25) is 0 Å². The fourth-order valence-corrected chi connectivity index (χ4v) is 3.87. The molecule has 0 radical (unpaired) electrons. The Hall–Kier alpha value is -2.24. The van der Waals surface area contributed by atoms with Gasteiger partial charge < -0.3 is 10.4 Å². The van der Waals surface area contributed by atoms with Crippen LogP contribution in [0.4, 0.5) is 4.39 Å². The summed E-state index contributed by atoms with van der Waals surface area (Å²) < 4.78 is 13.2. The molecule has 1 saturated heterocycles. The maximum absolute atomic E-state index is 13.2. The van der Waals surface area contributed by atoms with Gasteiger partial charge in [-0.05, 0) is 56.1 Å². The van der Waals surface area contributed by atoms with E-state index in [9.17, 15) is 14.3 Å². The molecule has 3 atom stereocenters. The monoisotopic (exact) mass is 370 g/mol. The van der Waals surface area contributed by atoms with Crippen molar-refractivity contribution in [3.8, 4) is 0 Å². The summed E-state index contributed by atoms with van der Waals surface area (Å²) in [5.74, 6) is -0.688.